The van der Waals surface area contributed by atoms with Crippen molar-refractivity contribution in [1.29, 1.82) is 0 Å². The second-order valence-corrected chi connectivity index (χ2v) is 6.29. The summed E-state index contributed by atoms with van der Waals surface area (Å²) >= 11 is 7.29. The third-order valence-corrected chi connectivity index (χ3v) is 4.95. The third-order valence-electron chi connectivity index (χ3n) is 2.67. The van der Waals surface area contributed by atoms with Gasteiger partial charge in [-0.2, -0.15) is 0 Å². The smallest absolute Gasteiger partial charge is 0.119 e. The van der Waals surface area contributed by atoms with Gasteiger partial charge in [0.15, 0.2) is 0 Å². The first-order valence-electron chi connectivity index (χ1n) is 5.51. The molecule has 0 heterocycles. The van der Waals surface area contributed by atoms with Gasteiger partial charge in [-0.25, -0.2) is 0 Å². The molecule has 90 valence electrons. The number of benzene rings is 1. The molecular weight excluding hydrogens is 332 g/mol. The van der Waals surface area contributed by atoms with E-state index in [0.717, 1.165) is 23.1 Å². The van der Waals surface area contributed by atoms with E-state index < -0.39 is 0 Å². The SMILES string of the molecule is COc1ccc(Br)c(CCC(Br)C(C)C)c1. The van der Waals surface area contributed by atoms with E-state index in [1.54, 1.807) is 7.11 Å². The van der Waals surface area contributed by atoms with Crippen molar-refractivity contribution in [3.8, 4) is 5.75 Å². The highest BCUT2D eigenvalue weighted by molar-refractivity contribution is 9.10. The zero-order valence-electron chi connectivity index (χ0n) is 9.97. The molecule has 1 atom stereocenters. The fourth-order valence-electron chi connectivity index (χ4n) is 1.50. The zero-order chi connectivity index (χ0) is 12.1. The molecular formula is C13H18Br2O. The monoisotopic (exact) mass is 348 g/mol. The molecule has 1 rings (SSSR count). The molecule has 1 nitrogen and oxygen atoms in total. The number of hydrogen-bond acceptors (Lipinski definition) is 1. The fourth-order valence-corrected chi connectivity index (χ4v) is 2.17. The Morgan fingerprint density at radius 1 is 1.31 bits per heavy atom. The minimum absolute atomic E-state index is 0.575. The van der Waals surface area contributed by atoms with Crippen molar-refractivity contribution >= 4 is 31.9 Å². The summed E-state index contributed by atoms with van der Waals surface area (Å²) in [5.41, 5.74) is 1.31. The van der Waals surface area contributed by atoms with Crippen LogP contribution in [0.2, 0.25) is 0 Å². The molecule has 16 heavy (non-hydrogen) atoms. The van der Waals surface area contributed by atoms with Crippen LogP contribution in [0.4, 0.5) is 0 Å². The Labute approximate surface area is 115 Å². The number of aryl methyl sites for hydroxylation is 1. The van der Waals surface area contributed by atoms with Crippen LogP contribution in [0.3, 0.4) is 0 Å². The predicted octanol–water partition coefficient (Wildman–Crippen LogP) is 4.81. The summed E-state index contributed by atoms with van der Waals surface area (Å²) < 4.78 is 6.40. The van der Waals surface area contributed by atoms with Crippen LogP contribution in [0.1, 0.15) is 25.8 Å². The average Bonchev–Trinajstić information content (AvgIpc) is 2.27. The number of ether oxygens (including phenoxy) is 1. The molecule has 0 saturated heterocycles. The van der Waals surface area contributed by atoms with Crippen LogP contribution in [0, 0.1) is 5.92 Å². The van der Waals surface area contributed by atoms with Crippen molar-refractivity contribution in [2.75, 3.05) is 7.11 Å². The van der Waals surface area contributed by atoms with Crippen molar-refractivity contribution < 1.29 is 4.74 Å². The second kappa shape index (κ2) is 6.65. The quantitative estimate of drug-likeness (QED) is 0.693. The Balaban J connectivity index is 2.65. The number of hydrogen-bond donors (Lipinski definition) is 0. The highest BCUT2D eigenvalue weighted by atomic mass is 79.9. The van der Waals surface area contributed by atoms with Crippen LogP contribution in [0.25, 0.3) is 0 Å². The maximum absolute atomic E-state index is 5.23. The maximum atomic E-state index is 5.23. The van der Waals surface area contributed by atoms with Crippen LogP contribution in [0.5, 0.6) is 5.75 Å². The van der Waals surface area contributed by atoms with E-state index in [1.165, 1.54) is 5.56 Å². The van der Waals surface area contributed by atoms with Gasteiger partial charge in [0.1, 0.15) is 5.75 Å². The fraction of sp³-hybridized carbons (Fsp3) is 0.538. The number of halogens is 2. The standard InChI is InChI=1S/C13H18Br2O/c1-9(2)12(14)6-4-10-8-11(16-3)5-7-13(10)15/h5,7-9,12H,4,6H2,1-3H3. The van der Waals surface area contributed by atoms with Crippen molar-refractivity contribution in [3.05, 3.63) is 28.2 Å². The summed E-state index contributed by atoms with van der Waals surface area (Å²) in [6.07, 6.45) is 2.20. The lowest BCUT2D eigenvalue weighted by Gasteiger charge is -2.14. The van der Waals surface area contributed by atoms with Gasteiger partial charge in [0, 0.05) is 9.30 Å². The molecule has 0 bridgehead atoms. The van der Waals surface area contributed by atoms with Crippen LogP contribution in [-0.4, -0.2) is 11.9 Å². The minimum Gasteiger partial charge on any atom is -0.497 e. The van der Waals surface area contributed by atoms with Crippen molar-refractivity contribution in [3.63, 3.8) is 0 Å². The van der Waals surface area contributed by atoms with Gasteiger partial charge in [-0.15, -0.1) is 0 Å². The van der Waals surface area contributed by atoms with E-state index >= 15 is 0 Å². The Morgan fingerprint density at radius 3 is 2.56 bits per heavy atom. The lowest BCUT2D eigenvalue weighted by molar-refractivity contribution is 0.414. The molecule has 0 aliphatic carbocycles. The van der Waals surface area contributed by atoms with Gasteiger partial charge in [0.25, 0.3) is 0 Å². The van der Waals surface area contributed by atoms with Crippen molar-refractivity contribution in [1.82, 2.24) is 0 Å². The van der Waals surface area contributed by atoms with Gasteiger partial charge >= 0.3 is 0 Å². The summed E-state index contributed by atoms with van der Waals surface area (Å²) in [5, 5.41) is 0. The highest BCUT2D eigenvalue weighted by Crippen LogP contribution is 2.26. The molecule has 0 radical (unpaired) electrons. The normalized spacial score (nSPS) is 12.9. The molecule has 0 fully saturated rings. The molecule has 0 N–H and O–H groups in total. The molecule has 1 aromatic carbocycles. The van der Waals surface area contributed by atoms with E-state index in [9.17, 15) is 0 Å². The van der Waals surface area contributed by atoms with E-state index in [0.29, 0.717) is 10.7 Å². The Morgan fingerprint density at radius 2 is 2.00 bits per heavy atom. The molecule has 1 aromatic rings. The lowest BCUT2D eigenvalue weighted by atomic mass is 10.0. The number of rotatable bonds is 5. The van der Waals surface area contributed by atoms with E-state index in [-0.39, 0.29) is 0 Å². The first-order chi connectivity index (χ1) is 7.54. The number of alkyl halides is 1. The van der Waals surface area contributed by atoms with Crippen LogP contribution < -0.4 is 4.74 Å². The van der Waals surface area contributed by atoms with E-state index in [1.807, 2.05) is 12.1 Å². The second-order valence-electron chi connectivity index (χ2n) is 4.26. The molecule has 3 heteroatoms. The average molecular weight is 350 g/mol. The summed E-state index contributed by atoms with van der Waals surface area (Å²) in [4.78, 5) is 0.575. The summed E-state index contributed by atoms with van der Waals surface area (Å²) in [5.74, 6) is 1.60. The maximum Gasteiger partial charge on any atom is 0.119 e. The minimum atomic E-state index is 0.575. The third kappa shape index (κ3) is 4.10. The molecule has 0 amide bonds. The van der Waals surface area contributed by atoms with Crippen LogP contribution >= 0.6 is 31.9 Å². The van der Waals surface area contributed by atoms with Gasteiger partial charge in [0.2, 0.25) is 0 Å². The van der Waals surface area contributed by atoms with Crippen LogP contribution in [-0.2, 0) is 6.42 Å². The molecule has 1 unspecified atom stereocenters. The van der Waals surface area contributed by atoms with Gasteiger partial charge in [-0.05, 0) is 42.5 Å². The first-order valence-corrected chi connectivity index (χ1v) is 7.22. The van der Waals surface area contributed by atoms with E-state index in [4.69, 9.17) is 4.74 Å². The molecule has 0 aromatic heterocycles. The van der Waals surface area contributed by atoms with Gasteiger partial charge in [-0.3, -0.25) is 0 Å². The lowest BCUT2D eigenvalue weighted by Crippen LogP contribution is -2.08. The van der Waals surface area contributed by atoms with Crippen molar-refractivity contribution in [2.45, 2.75) is 31.5 Å². The van der Waals surface area contributed by atoms with Crippen molar-refractivity contribution in [2.24, 2.45) is 5.92 Å². The molecule has 0 saturated carbocycles. The summed E-state index contributed by atoms with van der Waals surface area (Å²) in [7, 11) is 1.70. The topological polar surface area (TPSA) is 9.23 Å². The largest absolute Gasteiger partial charge is 0.497 e. The Kier molecular flexibility index (Phi) is 5.84. The van der Waals surface area contributed by atoms with Crippen LogP contribution in [0.15, 0.2) is 22.7 Å². The highest BCUT2D eigenvalue weighted by Gasteiger charge is 2.10. The molecule has 0 aliphatic rings. The van der Waals surface area contributed by atoms with Gasteiger partial charge in [0.05, 0.1) is 7.11 Å². The molecule has 0 aliphatic heterocycles. The Bertz CT molecular complexity index is 337. The predicted molar refractivity (Wildman–Crippen MR) is 76.6 cm³/mol. The summed E-state index contributed by atoms with van der Waals surface area (Å²) in [6.45, 7) is 4.47. The van der Waals surface area contributed by atoms with E-state index in [2.05, 4.69) is 51.8 Å². The van der Waals surface area contributed by atoms with Gasteiger partial charge < -0.3 is 4.74 Å². The van der Waals surface area contributed by atoms with Gasteiger partial charge in [-0.1, -0.05) is 45.7 Å². The first kappa shape index (κ1) is 14.0. The number of methoxy groups -OCH3 is 1. The summed E-state index contributed by atoms with van der Waals surface area (Å²) in [6, 6.07) is 6.12. The Hall–Kier alpha value is -0.0200. The zero-order valence-corrected chi connectivity index (χ0v) is 13.1. The molecule has 0 spiro atoms.